The highest BCUT2D eigenvalue weighted by atomic mass is 16.2. The van der Waals surface area contributed by atoms with Crippen molar-refractivity contribution in [1.29, 1.82) is 0 Å². The van der Waals surface area contributed by atoms with E-state index in [2.05, 4.69) is 22.4 Å². The Bertz CT molecular complexity index is 724. The van der Waals surface area contributed by atoms with Gasteiger partial charge < -0.3 is 9.88 Å². The molecular weight excluding hydrogens is 278 g/mol. The lowest BCUT2D eigenvalue weighted by Gasteiger charge is -2.12. The topological polar surface area (TPSA) is 64.0 Å². The highest BCUT2D eigenvalue weighted by Gasteiger charge is 2.30. The molecule has 2 atom stereocenters. The van der Waals surface area contributed by atoms with Gasteiger partial charge in [0, 0.05) is 19.2 Å². The van der Waals surface area contributed by atoms with Gasteiger partial charge in [-0.2, -0.15) is 4.98 Å². The number of anilines is 1. The summed E-state index contributed by atoms with van der Waals surface area (Å²) in [6.45, 7) is 0. The highest BCUT2D eigenvalue weighted by Crippen LogP contribution is 2.38. The molecule has 1 aliphatic carbocycles. The summed E-state index contributed by atoms with van der Waals surface area (Å²) in [4.78, 5) is 27.6. The SMILES string of the molecule is Cn1ccc(NC(=O)[C@@H]2CC[C@@H](c3ccccc3)C2)nc1=O. The molecule has 1 heterocycles. The van der Waals surface area contributed by atoms with E-state index >= 15 is 0 Å². The molecule has 1 amide bonds. The molecule has 0 spiro atoms. The lowest BCUT2D eigenvalue weighted by molar-refractivity contribution is -0.119. The maximum Gasteiger partial charge on any atom is 0.349 e. The first-order chi connectivity index (χ1) is 10.6. The Kier molecular flexibility index (Phi) is 4.04. The molecule has 0 unspecified atom stereocenters. The second-order valence-corrected chi connectivity index (χ2v) is 5.81. The number of carbonyl (C=O) groups is 1. The van der Waals surface area contributed by atoms with Gasteiger partial charge in [-0.05, 0) is 36.8 Å². The summed E-state index contributed by atoms with van der Waals surface area (Å²) in [7, 11) is 1.63. The molecule has 1 aromatic heterocycles. The fourth-order valence-corrected chi connectivity index (χ4v) is 3.01. The van der Waals surface area contributed by atoms with Gasteiger partial charge in [-0.1, -0.05) is 30.3 Å². The van der Waals surface area contributed by atoms with Crippen molar-refractivity contribution in [2.24, 2.45) is 13.0 Å². The number of benzene rings is 1. The normalized spacial score (nSPS) is 20.8. The van der Waals surface area contributed by atoms with Crippen molar-refractivity contribution in [2.45, 2.75) is 25.2 Å². The first kappa shape index (κ1) is 14.5. The molecule has 0 radical (unpaired) electrons. The van der Waals surface area contributed by atoms with Crippen LogP contribution >= 0.6 is 0 Å². The van der Waals surface area contributed by atoms with E-state index in [0.29, 0.717) is 11.7 Å². The summed E-state index contributed by atoms with van der Waals surface area (Å²) < 4.78 is 1.37. The Morgan fingerprint density at radius 2 is 2.00 bits per heavy atom. The number of aryl methyl sites for hydroxylation is 1. The molecule has 1 saturated carbocycles. The predicted molar refractivity (Wildman–Crippen MR) is 84.6 cm³/mol. The average molecular weight is 297 g/mol. The fourth-order valence-electron chi connectivity index (χ4n) is 3.01. The molecule has 3 rings (SSSR count). The van der Waals surface area contributed by atoms with E-state index in [4.69, 9.17) is 0 Å². The Labute approximate surface area is 129 Å². The lowest BCUT2D eigenvalue weighted by atomic mass is 9.96. The number of hydrogen-bond donors (Lipinski definition) is 1. The van der Waals surface area contributed by atoms with Crippen LogP contribution in [-0.4, -0.2) is 15.5 Å². The minimum atomic E-state index is -0.369. The first-order valence-corrected chi connectivity index (χ1v) is 7.53. The minimum absolute atomic E-state index is 0.0175. The summed E-state index contributed by atoms with van der Waals surface area (Å²) in [5.74, 6) is 0.708. The predicted octanol–water partition coefficient (Wildman–Crippen LogP) is 2.30. The van der Waals surface area contributed by atoms with E-state index in [1.807, 2.05) is 18.2 Å². The molecule has 1 N–H and O–H groups in total. The minimum Gasteiger partial charge on any atom is -0.310 e. The van der Waals surface area contributed by atoms with Crippen LogP contribution in [0.5, 0.6) is 0 Å². The molecule has 5 heteroatoms. The van der Waals surface area contributed by atoms with E-state index in [1.165, 1.54) is 10.1 Å². The third-order valence-corrected chi connectivity index (χ3v) is 4.30. The van der Waals surface area contributed by atoms with Crippen LogP contribution in [0.15, 0.2) is 47.4 Å². The van der Waals surface area contributed by atoms with Gasteiger partial charge in [-0.25, -0.2) is 4.79 Å². The van der Waals surface area contributed by atoms with E-state index < -0.39 is 0 Å². The summed E-state index contributed by atoms with van der Waals surface area (Å²) in [5, 5.41) is 2.76. The Morgan fingerprint density at radius 3 is 2.73 bits per heavy atom. The summed E-state index contributed by atoms with van der Waals surface area (Å²) in [6.07, 6.45) is 4.34. The van der Waals surface area contributed by atoms with Gasteiger partial charge in [-0.3, -0.25) is 4.79 Å². The lowest BCUT2D eigenvalue weighted by Crippen LogP contribution is -2.25. The van der Waals surface area contributed by atoms with Crippen molar-refractivity contribution in [1.82, 2.24) is 9.55 Å². The van der Waals surface area contributed by atoms with Crippen molar-refractivity contribution in [2.75, 3.05) is 5.32 Å². The quantitative estimate of drug-likeness (QED) is 0.945. The zero-order valence-corrected chi connectivity index (χ0v) is 12.5. The van der Waals surface area contributed by atoms with Gasteiger partial charge in [0.25, 0.3) is 0 Å². The molecule has 22 heavy (non-hydrogen) atoms. The Balaban J connectivity index is 1.64. The maximum absolute atomic E-state index is 12.3. The van der Waals surface area contributed by atoms with Crippen LogP contribution in [0, 0.1) is 5.92 Å². The smallest absolute Gasteiger partial charge is 0.310 e. The van der Waals surface area contributed by atoms with Crippen molar-refractivity contribution in [3.8, 4) is 0 Å². The first-order valence-electron chi connectivity index (χ1n) is 7.53. The monoisotopic (exact) mass is 297 g/mol. The number of rotatable bonds is 3. The van der Waals surface area contributed by atoms with Crippen molar-refractivity contribution in [3.05, 3.63) is 58.6 Å². The Hall–Kier alpha value is -2.43. The van der Waals surface area contributed by atoms with Crippen LogP contribution in [-0.2, 0) is 11.8 Å². The van der Waals surface area contributed by atoms with Crippen molar-refractivity contribution < 1.29 is 4.79 Å². The molecule has 1 fully saturated rings. The van der Waals surface area contributed by atoms with Gasteiger partial charge in [0.15, 0.2) is 0 Å². The third-order valence-electron chi connectivity index (χ3n) is 4.30. The van der Waals surface area contributed by atoms with Crippen LogP contribution in [0.3, 0.4) is 0 Å². The standard InChI is InChI=1S/C17H19N3O2/c1-20-10-9-15(19-17(20)22)18-16(21)14-8-7-13(11-14)12-5-3-2-4-6-12/h2-6,9-10,13-14H,7-8,11H2,1H3,(H,18,19,21,22)/t13-,14-/m1/s1. The molecule has 0 saturated heterocycles. The molecule has 1 aliphatic rings. The largest absolute Gasteiger partial charge is 0.349 e. The van der Waals surface area contributed by atoms with Gasteiger partial charge in [0.05, 0.1) is 0 Å². The number of hydrogen-bond acceptors (Lipinski definition) is 3. The molecule has 114 valence electrons. The highest BCUT2D eigenvalue weighted by molar-refractivity contribution is 5.91. The number of amides is 1. The number of nitrogens with zero attached hydrogens (tertiary/aromatic N) is 2. The maximum atomic E-state index is 12.3. The van der Waals surface area contributed by atoms with Gasteiger partial charge in [0.2, 0.25) is 5.91 Å². The van der Waals surface area contributed by atoms with Crippen molar-refractivity contribution >= 4 is 11.7 Å². The van der Waals surface area contributed by atoms with Crippen LogP contribution < -0.4 is 11.0 Å². The second-order valence-electron chi connectivity index (χ2n) is 5.81. The number of aromatic nitrogens is 2. The zero-order chi connectivity index (χ0) is 15.5. The fraction of sp³-hybridized carbons (Fsp3) is 0.353. The molecule has 0 aliphatic heterocycles. The number of carbonyl (C=O) groups excluding carboxylic acids is 1. The van der Waals surface area contributed by atoms with Crippen LogP contribution in [0.4, 0.5) is 5.82 Å². The summed E-state index contributed by atoms with van der Waals surface area (Å²) in [6, 6.07) is 12.0. The molecule has 2 aromatic rings. The second kappa shape index (κ2) is 6.13. The van der Waals surface area contributed by atoms with Gasteiger partial charge >= 0.3 is 5.69 Å². The van der Waals surface area contributed by atoms with E-state index in [-0.39, 0.29) is 17.5 Å². The van der Waals surface area contributed by atoms with Gasteiger partial charge in [0.1, 0.15) is 5.82 Å². The van der Waals surface area contributed by atoms with E-state index in [1.54, 1.807) is 19.3 Å². The molecule has 0 bridgehead atoms. The van der Waals surface area contributed by atoms with Crippen LogP contribution in [0.25, 0.3) is 0 Å². The average Bonchev–Trinajstić information content (AvgIpc) is 3.02. The van der Waals surface area contributed by atoms with E-state index in [0.717, 1.165) is 19.3 Å². The van der Waals surface area contributed by atoms with Gasteiger partial charge in [-0.15, -0.1) is 0 Å². The molecular formula is C17H19N3O2. The molecule has 1 aromatic carbocycles. The van der Waals surface area contributed by atoms with Crippen molar-refractivity contribution in [3.63, 3.8) is 0 Å². The molecule has 5 nitrogen and oxygen atoms in total. The zero-order valence-electron chi connectivity index (χ0n) is 12.5. The third kappa shape index (κ3) is 3.08. The van der Waals surface area contributed by atoms with Crippen LogP contribution in [0.2, 0.25) is 0 Å². The van der Waals surface area contributed by atoms with E-state index in [9.17, 15) is 9.59 Å². The van der Waals surface area contributed by atoms with Crippen LogP contribution in [0.1, 0.15) is 30.7 Å². The number of nitrogens with one attached hydrogen (secondary N) is 1. The summed E-state index contributed by atoms with van der Waals surface area (Å²) >= 11 is 0. The summed E-state index contributed by atoms with van der Waals surface area (Å²) in [5.41, 5.74) is 0.927. The Morgan fingerprint density at radius 1 is 1.23 bits per heavy atom.